The fourth-order valence-corrected chi connectivity index (χ4v) is 3.88. The van der Waals surface area contributed by atoms with Crippen LogP contribution in [0.1, 0.15) is 23.7 Å². The Morgan fingerprint density at radius 1 is 1.32 bits per heavy atom. The van der Waals surface area contributed by atoms with Gasteiger partial charge in [-0.3, -0.25) is 9.78 Å². The lowest BCUT2D eigenvalue weighted by Crippen LogP contribution is -2.17. The molecule has 1 aromatic carbocycles. The maximum atomic E-state index is 11.2. The summed E-state index contributed by atoms with van der Waals surface area (Å²) in [5.41, 5.74) is 8.41. The average molecular weight is 417 g/mol. The van der Waals surface area contributed by atoms with Crippen LogP contribution in [0.4, 0.5) is 5.69 Å². The summed E-state index contributed by atoms with van der Waals surface area (Å²) in [6, 6.07) is 8.81. The van der Waals surface area contributed by atoms with Gasteiger partial charge < -0.3 is 15.0 Å². The van der Waals surface area contributed by atoms with Gasteiger partial charge in [0, 0.05) is 48.7 Å². The number of thiazole rings is 1. The minimum atomic E-state index is -0.455. The highest BCUT2D eigenvalue weighted by Gasteiger charge is 2.11. The van der Waals surface area contributed by atoms with Crippen LogP contribution in [0.2, 0.25) is 5.02 Å². The van der Waals surface area contributed by atoms with Gasteiger partial charge >= 0.3 is 0 Å². The Balaban J connectivity index is 2.00. The Morgan fingerprint density at radius 2 is 2.11 bits per heavy atom. The molecule has 0 radical (unpaired) electrons. The van der Waals surface area contributed by atoms with Crippen LogP contribution < -0.4 is 10.5 Å². The minimum Gasteiger partial charge on any atom is -0.382 e. The zero-order valence-electron chi connectivity index (χ0n) is 15.5. The van der Waals surface area contributed by atoms with E-state index in [9.17, 15) is 4.79 Å². The Morgan fingerprint density at radius 3 is 2.79 bits per heavy atom. The summed E-state index contributed by atoms with van der Waals surface area (Å²) in [4.78, 5) is 20.9. The highest BCUT2D eigenvalue weighted by atomic mass is 35.5. The molecule has 0 fully saturated rings. The molecule has 0 bridgehead atoms. The summed E-state index contributed by atoms with van der Waals surface area (Å²) in [6.45, 7) is 4.10. The van der Waals surface area contributed by atoms with E-state index in [2.05, 4.69) is 9.55 Å². The van der Waals surface area contributed by atoms with Crippen LogP contribution in [0.15, 0.2) is 53.1 Å². The van der Waals surface area contributed by atoms with Crippen molar-refractivity contribution in [2.45, 2.75) is 19.9 Å². The van der Waals surface area contributed by atoms with Gasteiger partial charge in [-0.15, -0.1) is 11.3 Å². The molecule has 3 aromatic rings. The molecule has 1 amide bonds. The van der Waals surface area contributed by atoms with E-state index >= 15 is 0 Å². The van der Waals surface area contributed by atoms with Crippen molar-refractivity contribution in [1.29, 1.82) is 0 Å². The van der Waals surface area contributed by atoms with Gasteiger partial charge in [-0.25, -0.2) is 4.99 Å². The van der Waals surface area contributed by atoms with Crippen LogP contribution in [-0.2, 0) is 11.3 Å². The van der Waals surface area contributed by atoms with Gasteiger partial charge in [0.1, 0.15) is 0 Å². The number of benzene rings is 1. The van der Waals surface area contributed by atoms with E-state index in [0.717, 1.165) is 34.7 Å². The van der Waals surface area contributed by atoms with E-state index in [1.54, 1.807) is 36.7 Å². The lowest BCUT2D eigenvalue weighted by atomic mass is 10.2. The molecule has 2 N–H and O–H groups in total. The third-order valence-corrected chi connectivity index (χ3v) is 5.26. The predicted molar refractivity (Wildman–Crippen MR) is 112 cm³/mol. The van der Waals surface area contributed by atoms with Crippen LogP contribution in [0.25, 0.3) is 11.3 Å². The first kappa shape index (κ1) is 20.3. The van der Waals surface area contributed by atoms with Gasteiger partial charge in [0.25, 0.3) is 0 Å². The normalized spacial score (nSPS) is 11.7. The highest BCUT2D eigenvalue weighted by Crippen LogP contribution is 2.27. The molecule has 146 valence electrons. The van der Waals surface area contributed by atoms with Crippen LogP contribution in [0.5, 0.6) is 0 Å². The number of hydrogen-bond acceptors (Lipinski definition) is 5. The molecule has 6 nitrogen and oxygen atoms in total. The number of pyridine rings is 1. The summed E-state index contributed by atoms with van der Waals surface area (Å²) in [5.74, 6) is -0.455. The van der Waals surface area contributed by atoms with Crippen molar-refractivity contribution >= 4 is 34.5 Å². The van der Waals surface area contributed by atoms with Gasteiger partial charge in [-0.1, -0.05) is 11.6 Å². The minimum absolute atomic E-state index is 0.455. The molecule has 8 heteroatoms. The van der Waals surface area contributed by atoms with Crippen molar-refractivity contribution in [3.8, 4) is 11.3 Å². The third kappa shape index (κ3) is 4.86. The first-order valence-corrected chi connectivity index (χ1v) is 10.2. The SMILES string of the molecule is CCOCCCn1c(-c2ccncc2Cl)csc1=Nc1ccc(C(N)=O)cc1. The number of amides is 1. The lowest BCUT2D eigenvalue weighted by Gasteiger charge is -2.10. The largest absolute Gasteiger partial charge is 0.382 e. The molecular formula is C20H21ClN4O2S. The van der Waals surface area contributed by atoms with E-state index in [0.29, 0.717) is 23.8 Å². The van der Waals surface area contributed by atoms with Gasteiger partial charge in [-0.2, -0.15) is 0 Å². The number of nitrogens with two attached hydrogens (primary N) is 1. The molecule has 0 aliphatic carbocycles. The Hall–Kier alpha value is -2.48. The van der Waals surface area contributed by atoms with Crippen LogP contribution >= 0.6 is 22.9 Å². The van der Waals surface area contributed by atoms with E-state index in [-0.39, 0.29) is 0 Å². The van der Waals surface area contributed by atoms with Gasteiger partial charge in [0.2, 0.25) is 5.91 Å². The van der Waals surface area contributed by atoms with E-state index < -0.39 is 5.91 Å². The van der Waals surface area contributed by atoms with Crippen molar-refractivity contribution in [3.05, 3.63) is 63.5 Å². The standard InChI is InChI=1S/C20H21ClN4O2S/c1-2-27-11-3-10-25-18(16-8-9-23-12-17(16)21)13-28-20(25)24-15-6-4-14(5-7-15)19(22)26/h4-9,12-13H,2-3,10-11H2,1H3,(H2,22,26). The van der Waals surface area contributed by atoms with E-state index in [1.165, 1.54) is 11.3 Å². The second kappa shape index (κ2) is 9.64. The van der Waals surface area contributed by atoms with Crippen molar-refractivity contribution in [2.24, 2.45) is 10.7 Å². The molecule has 0 atom stereocenters. The van der Waals surface area contributed by atoms with Crippen molar-refractivity contribution in [1.82, 2.24) is 9.55 Å². The number of ether oxygens (including phenoxy) is 1. The topological polar surface area (TPSA) is 82.5 Å². The molecule has 0 aliphatic heterocycles. The van der Waals surface area contributed by atoms with Gasteiger partial charge in [0.15, 0.2) is 4.80 Å². The van der Waals surface area contributed by atoms with Crippen LogP contribution in [0, 0.1) is 0 Å². The van der Waals surface area contributed by atoms with Gasteiger partial charge in [0.05, 0.1) is 16.4 Å². The highest BCUT2D eigenvalue weighted by molar-refractivity contribution is 7.07. The first-order chi connectivity index (χ1) is 13.6. The fraction of sp³-hybridized carbons (Fsp3) is 0.250. The summed E-state index contributed by atoms with van der Waals surface area (Å²) < 4.78 is 7.61. The summed E-state index contributed by atoms with van der Waals surface area (Å²) in [5, 5.41) is 2.63. The number of halogens is 1. The molecule has 0 saturated heterocycles. The van der Waals surface area contributed by atoms with Crippen molar-refractivity contribution in [3.63, 3.8) is 0 Å². The number of nitrogens with zero attached hydrogens (tertiary/aromatic N) is 3. The predicted octanol–water partition coefficient (Wildman–Crippen LogP) is 4.02. The second-order valence-corrected chi connectivity index (χ2v) is 7.23. The summed E-state index contributed by atoms with van der Waals surface area (Å²) >= 11 is 7.89. The quantitative estimate of drug-likeness (QED) is 0.563. The third-order valence-electron chi connectivity index (χ3n) is 4.10. The maximum Gasteiger partial charge on any atom is 0.248 e. The molecule has 28 heavy (non-hydrogen) atoms. The number of rotatable bonds is 8. The first-order valence-electron chi connectivity index (χ1n) is 8.90. The fourth-order valence-electron chi connectivity index (χ4n) is 2.71. The maximum absolute atomic E-state index is 11.2. The Kier molecular flexibility index (Phi) is 6.97. The van der Waals surface area contributed by atoms with Crippen molar-refractivity contribution in [2.75, 3.05) is 13.2 Å². The zero-order chi connectivity index (χ0) is 19.9. The number of carbonyl (C=O) groups excluding carboxylic acids is 1. The molecule has 0 saturated carbocycles. The monoisotopic (exact) mass is 416 g/mol. The number of carbonyl (C=O) groups is 1. The second-order valence-electron chi connectivity index (χ2n) is 5.98. The smallest absolute Gasteiger partial charge is 0.248 e. The molecule has 0 aliphatic rings. The van der Waals surface area contributed by atoms with E-state index in [1.807, 2.05) is 18.4 Å². The zero-order valence-corrected chi connectivity index (χ0v) is 17.0. The summed E-state index contributed by atoms with van der Waals surface area (Å²) in [7, 11) is 0. The number of hydrogen-bond donors (Lipinski definition) is 1. The molecule has 2 aromatic heterocycles. The van der Waals surface area contributed by atoms with Crippen LogP contribution in [0.3, 0.4) is 0 Å². The van der Waals surface area contributed by atoms with Crippen molar-refractivity contribution < 1.29 is 9.53 Å². The van der Waals surface area contributed by atoms with Gasteiger partial charge in [-0.05, 0) is 43.7 Å². The molecule has 0 spiro atoms. The summed E-state index contributed by atoms with van der Waals surface area (Å²) in [6.07, 6.45) is 4.22. The lowest BCUT2D eigenvalue weighted by molar-refractivity contribution is 0.100. The molecular weight excluding hydrogens is 396 g/mol. The molecule has 0 unspecified atom stereocenters. The number of primary amides is 1. The Bertz CT molecular complexity index is 1010. The molecule has 2 heterocycles. The molecule has 3 rings (SSSR count). The van der Waals surface area contributed by atoms with Crippen LogP contribution in [-0.4, -0.2) is 28.7 Å². The Labute approximate surface area is 172 Å². The van der Waals surface area contributed by atoms with E-state index in [4.69, 9.17) is 27.1 Å². The number of aromatic nitrogens is 2. The average Bonchev–Trinajstić information content (AvgIpc) is 3.08.